The van der Waals surface area contributed by atoms with Gasteiger partial charge in [-0.2, -0.15) is 0 Å². The van der Waals surface area contributed by atoms with Crippen LogP contribution >= 0.6 is 11.6 Å². The van der Waals surface area contributed by atoms with E-state index in [1.807, 2.05) is 24.3 Å². The maximum absolute atomic E-state index is 13.0. The molecular formula is C14H18ClF2N. The molecule has 1 nitrogen and oxygen atoms in total. The van der Waals surface area contributed by atoms with Gasteiger partial charge in [-0.25, -0.2) is 8.78 Å². The first kappa shape index (κ1) is 13.8. The van der Waals surface area contributed by atoms with Gasteiger partial charge in [-0.15, -0.1) is 11.6 Å². The van der Waals surface area contributed by atoms with E-state index in [1.54, 1.807) is 0 Å². The Hall–Kier alpha value is -0.670. The molecule has 1 aromatic carbocycles. The average Bonchev–Trinajstić information content (AvgIpc) is 2.69. The fraction of sp³-hybridized carbons (Fsp3) is 0.571. The molecule has 4 heteroatoms. The van der Waals surface area contributed by atoms with Crippen molar-refractivity contribution in [1.82, 2.24) is 5.32 Å². The van der Waals surface area contributed by atoms with Crippen molar-refractivity contribution in [3.8, 4) is 0 Å². The van der Waals surface area contributed by atoms with Gasteiger partial charge in [0.25, 0.3) is 0 Å². The molecule has 1 atom stereocenters. The molecule has 0 aliphatic heterocycles. The van der Waals surface area contributed by atoms with E-state index in [1.165, 1.54) is 0 Å². The molecule has 0 amide bonds. The van der Waals surface area contributed by atoms with Crippen molar-refractivity contribution in [2.45, 2.75) is 37.6 Å². The molecule has 0 aromatic heterocycles. The first-order valence-electron chi connectivity index (χ1n) is 6.31. The van der Waals surface area contributed by atoms with Crippen molar-refractivity contribution in [3.63, 3.8) is 0 Å². The molecule has 1 fully saturated rings. The highest BCUT2D eigenvalue weighted by atomic mass is 35.5. The summed E-state index contributed by atoms with van der Waals surface area (Å²) in [5, 5.41) is 3.26. The van der Waals surface area contributed by atoms with Crippen LogP contribution in [0.1, 0.15) is 30.4 Å². The molecule has 0 radical (unpaired) electrons. The fourth-order valence-corrected chi connectivity index (χ4v) is 2.63. The van der Waals surface area contributed by atoms with Crippen LogP contribution in [0, 0.1) is 5.92 Å². The molecule has 0 saturated heterocycles. The lowest BCUT2D eigenvalue weighted by molar-refractivity contribution is 0.00508. The van der Waals surface area contributed by atoms with E-state index in [-0.39, 0.29) is 18.8 Å². The summed E-state index contributed by atoms with van der Waals surface area (Å²) in [5.41, 5.74) is 2.24. The Morgan fingerprint density at radius 2 is 2.11 bits per heavy atom. The average molecular weight is 274 g/mol. The number of rotatable bonds is 5. The van der Waals surface area contributed by atoms with E-state index in [9.17, 15) is 8.78 Å². The van der Waals surface area contributed by atoms with Gasteiger partial charge in [-0.05, 0) is 30.0 Å². The smallest absolute Gasteiger partial charge is 0.248 e. The predicted molar refractivity (Wildman–Crippen MR) is 70.0 cm³/mol. The Balaban J connectivity index is 1.75. The maximum Gasteiger partial charge on any atom is 0.248 e. The maximum atomic E-state index is 13.0. The minimum atomic E-state index is -2.44. The van der Waals surface area contributed by atoms with Gasteiger partial charge < -0.3 is 5.32 Å². The topological polar surface area (TPSA) is 12.0 Å². The summed E-state index contributed by atoms with van der Waals surface area (Å²) >= 11 is 5.76. The number of hydrogen-bond acceptors (Lipinski definition) is 1. The summed E-state index contributed by atoms with van der Waals surface area (Å²) in [5.74, 6) is -1.83. The Labute approximate surface area is 112 Å². The molecule has 0 bridgehead atoms. The van der Waals surface area contributed by atoms with E-state index in [0.29, 0.717) is 25.4 Å². The van der Waals surface area contributed by atoms with Crippen LogP contribution in [0.3, 0.4) is 0 Å². The molecule has 1 aliphatic carbocycles. The van der Waals surface area contributed by atoms with Crippen LogP contribution in [-0.2, 0) is 12.4 Å². The van der Waals surface area contributed by atoms with Gasteiger partial charge in [0, 0.05) is 25.3 Å². The summed E-state index contributed by atoms with van der Waals surface area (Å²) in [6.45, 7) is 1.38. The zero-order valence-electron chi connectivity index (χ0n) is 10.3. The van der Waals surface area contributed by atoms with E-state index in [4.69, 9.17) is 11.6 Å². The number of benzene rings is 1. The van der Waals surface area contributed by atoms with Gasteiger partial charge in [0.05, 0.1) is 0 Å². The Bertz CT molecular complexity index is 395. The quantitative estimate of drug-likeness (QED) is 0.801. The first-order valence-corrected chi connectivity index (χ1v) is 6.85. The van der Waals surface area contributed by atoms with Crippen LogP contribution in [0.4, 0.5) is 8.78 Å². The first-order chi connectivity index (χ1) is 8.59. The van der Waals surface area contributed by atoms with E-state index in [2.05, 4.69) is 5.32 Å². The van der Waals surface area contributed by atoms with E-state index < -0.39 is 5.92 Å². The SMILES string of the molecule is FC1(F)CCC(CNCc2cccc(CCl)c2)C1. The zero-order valence-corrected chi connectivity index (χ0v) is 11.0. The second-order valence-electron chi connectivity index (χ2n) is 5.05. The van der Waals surface area contributed by atoms with Crippen LogP contribution in [0.5, 0.6) is 0 Å². The summed E-state index contributed by atoms with van der Waals surface area (Å²) in [7, 11) is 0. The summed E-state index contributed by atoms with van der Waals surface area (Å²) in [4.78, 5) is 0. The summed E-state index contributed by atoms with van der Waals surface area (Å²) in [6.07, 6.45) is 0.699. The molecule has 1 N–H and O–H groups in total. The molecule has 1 aromatic rings. The normalized spacial score (nSPS) is 22.3. The van der Waals surface area contributed by atoms with Crippen molar-refractivity contribution in [1.29, 1.82) is 0 Å². The van der Waals surface area contributed by atoms with Crippen molar-refractivity contribution >= 4 is 11.6 Å². The number of hydrogen-bond donors (Lipinski definition) is 1. The third kappa shape index (κ3) is 3.92. The third-order valence-electron chi connectivity index (χ3n) is 3.41. The van der Waals surface area contributed by atoms with Gasteiger partial charge in [-0.3, -0.25) is 0 Å². The van der Waals surface area contributed by atoms with Crippen LogP contribution in [-0.4, -0.2) is 12.5 Å². The number of alkyl halides is 3. The highest BCUT2D eigenvalue weighted by Gasteiger charge is 2.38. The number of nitrogens with one attached hydrogen (secondary N) is 1. The van der Waals surface area contributed by atoms with Gasteiger partial charge in [0.15, 0.2) is 0 Å². The van der Waals surface area contributed by atoms with Crippen LogP contribution < -0.4 is 5.32 Å². The van der Waals surface area contributed by atoms with Crippen LogP contribution in [0.25, 0.3) is 0 Å². The van der Waals surface area contributed by atoms with E-state index in [0.717, 1.165) is 11.1 Å². The second kappa shape index (κ2) is 5.98. The lowest BCUT2D eigenvalue weighted by Crippen LogP contribution is -2.22. The summed E-state index contributed by atoms with van der Waals surface area (Å²) in [6, 6.07) is 8.02. The van der Waals surface area contributed by atoms with Gasteiger partial charge >= 0.3 is 0 Å². The molecule has 1 saturated carbocycles. The van der Waals surface area contributed by atoms with Crippen molar-refractivity contribution < 1.29 is 8.78 Å². The predicted octanol–water partition coefficient (Wildman–Crippen LogP) is 3.95. The molecule has 1 aliphatic rings. The lowest BCUT2D eigenvalue weighted by Gasteiger charge is -2.12. The molecule has 100 valence electrons. The Morgan fingerprint density at radius 3 is 2.78 bits per heavy atom. The van der Waals surface area contributed by atoms with Crippen molar-refractivity contribution in [2.75, 3.05) is 6.54 Å². The van der Waals surface area contributed by atoms with Gasteiger partial charge in [0.2, 0.25) is 5.92 Å². The van der Waals surface area contributed by atoms with Crippen molar-refractivity contribution in [3.05, 3.63) is 35.4 Å². The Kier molecular flexibility index (Phi) is 4.57. The minimum Gasteiger partial charge on any atom is -0.312 e. The van der Waals surface area contributed by atoms with Crippen LogP contribution in [0.15, 0.2) is 24.3 Å². The second-order valence-corrected chi connectivity index (χ2v) is 5.32. The van der Waals surface area contributed by atoms with Gasteiger partial charge in [0.1, 0.15) is 0 Å². The molecular weight excluding hydrogens is 256 g/mol. The number of halogens is 3. The largest absolute Gasteiger partial charge is 0.312 e. The minimum absolute atomic E-state index is 0.0295. The molecule has 1 unspecified atom stereocenters. The highest BCUT2D eigenvalue weighted by Crippen LogP contribution is 2.38. The van der Waals surface area contributed by atoms with Crippen molar-refractivity contribution in [2.24, 2.45) is 5.92 Å². The standard InChI is InChI=1S/C14H18ClF2N/c15-8-11-2-1-3-12(6-11)9-18-10-13-4-5-14(16,17)7-13/h1-3,6,13,18H,4-5,7-10H2. The molecule has 0 spiro atoms. The third-order valence-corrected chi connectivity index (χ3v) is 3.72. The fourth-order valence-electron chi connectivity index (χ4n) is 2.46. The highest BCUT2D eigenvalue weighted by molar-refractivity contribution is 6.17. The monoisotopic (exact) mass is 273 g/mol. The molecule has 0 heterocycles. The molecule has 2 rings (SSSR count). The van der Waals surface area contributed by atoms with Crippen LogP contribution in [0.2, 0.25) is 0 Å². The zero-order chi connectivity index (χ0) is 13.0. The Morgan fingerprint density at radius 1 is 1.33 bits per heavy atom. The lowest BCUT2D eigenvalue weighted by atomic mass is 10.1. The molecule has 18 heavy (non-hydrogen) atoms. The van der Waals surface area contributed by atoms with Gasteiger partial charge in [-0.1, -0.05) is 24.3 Å². The summed E-state index contributed by atoms with van der Waals surface area (Å²) < 4.78 is 26.0. The van der Waals surface area contributed by atoms with E-state index >= 15 is 0 Å².